The molecule has 4 heteroatoms. The monoisotopic (exact) mass is 244 g/mol. The van der Waals surface area contributed by atoms with Crippen LogP contribution in [0.4, 0.5) is 0 Å². The quantitative estimate of drug-likeness (QED) is 0.779. The molecule has 1 heterocycles. The zero-order valence-electron chi connectivity index (χ0n) is 8.93. The zero-order chi connectivity index (χ0) is 12.1. The van der Waals surface area contributed by atoms with Crippen molar-refractivity contribution < 1.29 is 4.74 Å². The first-order chi connectivity index (χ1) is 8.29. The molecule has 0 radical (unpaired) electrons. The molecule has 1 aromatic heterocycles. The first-order valence-electron chi connectivity index (χ1n) is 5.02. The van der Waals surface area contributed by atoms with Gasteiger partial charge in [0.2, 0.25) is 0 Å². The number of benzene rings is 1. The molecule has 0 spiro atoms. The van der Waals surface area contributed by atoms with Gasteiger partial charge in [0.1, 0.15) is 23.6 Å². The summed E-state index contributed by atoms with van der Waals surface area (Å²) in [6.45, 7) is 0.440. The fourth-order valence-corrected chi connectivity index (χ4v) is 1.47. The van der Waals surface area contributed by atoms with Crippen LogP contribution in [0.25, 0.3) is 0 Å². The fourth-order valence-electron chi connectivity index (χ4n) is 1.33. The summed E-state index contributed by atoms with van der Waals surface area (Å²) in [5.41, 5.74) is 1.37. The molecule has 0 saturated carbocycles. The summed E-state index contributed by atoms with van der Waals surface area (Å²) in [6, 6.07) is 13.3. The highest BCUT2D eigenvalue weighted by Crippen LogP contribution is 2.19. The topological polar surface area (TPSA) is 45.9 Å². The first-order valence-corrected chi connectivity index (χ1v) is 5.40. The van der Waals surface area contributed by atoms with E-state index in [0.717, 1.165) is 5.56 Å². The minimum atomic E-state index is 0.194. The lowest BCUT2D eigenvalue weighted by Gasteiger charge is -2.06. The molecule has 0 bridgehead atoms. The normalized spacial score (nSPS) is 9.65. The second-order valence-electron chi connectivity index (χ2n) is 3.40. The Balaban J connectivity index is 2.08. The van der Waals surface area contributed by atoms with Crippen molar-refractivity contribution in [1.29, 1.82) is 5.26 Å². The van der Waals surface area contributed by atoms with Crippen LogP contribution in [0.5, 0.6) is 5.75 Å². The van der Waals surface area contributed by atoms with Crippen LogP contribution >= 0.6 is 11.6 Å². The first kappa shape index (κ1) is 11.4. The molecular formula is C13H9ClN2O. The highest BCUT2D eigenvalue weighted by molar-refractivity contribution is 6.30. The Morgan fingerprint density at radius 1 is 1.29 bits per heavy atom. The van der Waals surface area contributed by atoms with E-state index in [9.17, 15) is 0 Å². The fraction of sp³-hybridized carbons (Fsp3) is 0.0769. The molecule has 2 aromatic rings. The van der Waals surface area contributed by atoms with Crippen LogP contribution in [0.15, 0.2) is 42.6 Å². The van der Waals surface area contributed by atoms with Gasteiger partial charge in [-0.25, -0.2) is 4.98 Å². The standard InChI is InChI=1S/C13H9ClN2O/c14-13-11(7-15)6-12(8-16-13)17-9-10-4-2-1-3-5-10/h1-6,8H,9H2. The van der Waals surface area contributed by atoms with Crippen molar-refractivity contribution in [2.24, 2.45) is 0 Å². The SMILES string of the molecule is N#Cc1cc(OCc2ccccc2)cnc1Cl. The number of nitriles is 1. The molecular weight excluding hydrogens is 236 g/mol. The van der Waals surface area contributed by atoms with E-state index in [1.807, 2.05) is 36.4 Å². The molecule has 0 N–H and O–H groups in total. The van der Waals surface area contributed by atoms with Crippen molar-refractivity contribution >= 4 is 11.6 Å². The van der Waals surface area contributed by atoms with Gasteiger partial charge in [0, 0.05) is 6.07 Å². The van der Waals surface area contributed by atoms with E-state index in [1.165, 1.54) is 6.20 Å². The predicted octanol–water partition coefficient (Wildman–Crippen LogP) is 3.19. The molecule has 0 unspecified atom stereocenters. The van der Waals surface area contributed by atoms with Crippen LogP contribution in [-0.4, -0.2) is 4.98 Å². The maximum Gasteiger partial charge on any atom is 0.147 e. The second-order valence-corrected chi connectivity index (χ2v) is 3.75. The molecule has 1 aromatic carbocycles. The summed E-state index contributed by atoms with van der Waals surface area (Å²) < 4.78 is 5.52. The number of hydrogen-bond acceptors (Lipinski definition) is 3. The molecule has 3 nitrogen and oxygen atoms in total. The van der Waals surface area contributed by atoms with Gasteiger partial charge < -0.3 is 4.74 Å². The maximum absolute atomic E-state index is 8.80. The summed E-state index contributed by atoms with van der Waals surface area (Å²) in [5, 5.41) is 8.99. The molecule has 0 amide bonds. The van der Waals surface area contributed by atoms with Gasteiger partial charge in [0.05, 0.1) is 11.8 Å². The maximum atomic E-state index is 8.80. The van der Waals surface area contributed by atoms with Gasteiger partial charge in [0.25, 0.3) is 0 Å². The number of ether oxygens (including phenoxy) is 1. The van der Waals surface area contributed by atoms with Gasteiger partial charge in [-0.05, 0) is 5.56 Å². The Hall–Kier alpha value is -2.05. The number of pyridine rings is 1. The van der Waals surface area contributed by atoms with Crippen LogP contribution in [0.2, 0.25) is 5.15 Å². The van der Waals surface area contributed by atoms with E-state index in [2.05, 4.69) is 4.98 Å². The molecule has 0 aliphatic rings. The van der Waals surface area contributed by atoms with Crippen LogP contribution in [0.1, 0.15) is 11.1 Å². The van der Waals surface area contributed by atoms with E-state index in [0.29, 0.717) is 17.9 Å². The number of nitrogens with zero attached hydrogens (tertiary/aromatic N) is 2. The number of hydrogen-bond donors (Lipinski definition) is 0. The number of aromatic nitrogens is 1. The van der Waals surface area contributed by atoms with E-state index in [4.69, 9.17) is 21.6 Å². The van der Waals surface area contributed by atoms with Crippen molar-refractivity contribution in [2.45, 2.75) is 6.61 Å². The third-order valence-electron chi connectivity index (χ3n) is 2.18. The zero-order valence-corrected chi connectivity index (χ0v) is 9.69. The Morgan fingerprint density at radius 3 is 2.76 bits per heavy atom. The summed E-state index contributed by atoms with van der Waals surface area (Å²) in [7, 11) is 0. The van der Waals surface area contributed by atoms with Gasteiger partial charge >= 0.3 is 0 Å². The lowest BCUT2D eigenvalue weighted by atomic mass is 10.2. The molecule has 0 fully saturated rings. The number of rotatable bonds is 3. The minimum Gasteiger partial charge on any atom is -0.487 e. The van der Waals surface area contributed by atoms with E-state index in [-0.39, 0.29) is 5.15 Å². The minimum absolute atomic E-state index is 0.194. The van der Waals surface area contributed by atoms with E-state index in [1.54, 1.807) is 6.07 Å². The molecule has 17 heavy (non-hydrogen) atoms. The Kier molecular flexibility index (Phi) is 3.59. The Labute approximate surface area is 104 Å². The van der Waals surface area contributed by atoms with Gasteiger partial charge in [-0.3, -0.25) is 0 Å². The lowest BCUT2D eigenvalue weighted by molar-refractivity contribution is 0.305. The van der Waals surface area contributed by atoms with E-state index >= 15 is 0 Å². The van der Waals surface area contributed by atoms with Gasteiger partial charge in [-0.1, -0.05) is 41.9 Å². The highest BCUT2D eigenvalue weighted by Gasteiger charge is 2.03. The molecule has 0 aliphatic heterocycles. The van der Waals surface area contributed by atoms with Gasteiger partial charge in [-0.15, -0.1) is 0 Å². The lowest BCUT2D eigenvalue weighted by Crippen LogP contribution is -1.96. The summed E-state index contributed by atoms with van der Waals surface area (Å²) in [5.74, 6) is 0.537. The van der Waals surface area contributed by atoms with Gasteiger partial charge in [0.15, 0.2) is 0 Å². The summed E-state index contributed by atoms with van der Waals surface area (Å²) in [6.07, 6.45) is 1.51. The molecule has 0 saturated heterocycles. The predicted molar refractivity (Wildman–Crippen MR) is 64.7 cm³/mol. The van der Waals surface area contributed by atoms with Crippen LogP contribution in [0, 0.1) is 11.3 Å². The van der Waals surface area contributed by atoms with E-state index < -0.39 is 0 Å². The van der Waals surface area contributed by atoms with Crippen LogP contribution in [0.3, 0.4) is 0 Å². The smallest absolute Gasteiger partial charge is 0.147 e. The largest absolute Gasteiger partial charge is 0.487 e. The second kappa shape index (κ2) is 5.33. The summed E-state index contributed by atoms with van der Waals surface area (Å²) >= 11 is 5.72. The van der Waals surface area contributed by atoms with Crippen molar-refractivity contribution in [3.63, 3.8) is 0 Å². The molecule has 2 rings (SSSR count). The highest BCUT2D eigenvalue weighted by atomic mass is 35.5. The average Bonchev–Trinajstić information content (AvgIpc) is 2.39. The van der Waals surface area contributed by atoms with Crippen molar-refractivity contribution in [3.05, 3.63) is 58.9 Å². The average molecular weight is 245 g/mol. The third-order valence-corrected chi connectivity index (χ3v) is 2.48. The Bertz CT molecular complexity index is 549. The van der Waals surface area contributed by atoms with Crippen molar-refractivity contribution in [1.82, 2.24) is 4.98 Å². The van der Waals surface area contributed by atoms with Gasteiger partial charge in [-0.2, -0.15) is 5.26 Å². The number of halogens is 1. The van der Waals surface area contributed by atoms with Crippen molar-refractivity contribution in [3.8, 4) is 11.8 Å². The van der Waals surface area contributed by atoms with Crippen LogP contribution in [-0.2, 0) is 6.61 Å². The van der Waals surface area contributed by atoms with Crippen LogP contribution < -0.4 is 4.74 Å². The Morgan fingerprint density at radius 2 is 2.06 bits per heavy atom. The molecule has 0 aliphatic carbocycles. The summed E-state index contributed by atoms with van der Waals surface area (Å²) in [4.78, 5) is 3.88. The molecule has 0 atom stereocenters. The van der Waals surface area contributed by atoms with Crippen molar-refractivity contribution in [2.75, 3.05) is 0 Å². The molecule has 84 valence electrons. The third kappa shape index (κ3) is 2.96.